The third-order valence-electron chi connectivity index (χ3n) is 5.12. The molecule has 5 rings (SSSR count). The maximum Gasteiger partial charge on any atom is 0.222 e. The minimum Gasteiger partial charge on any atom is -0.494 e. The predicted molar refractivity (Wildman–Crippen MR) is 115 cm³/mol. The Bertz CT molecular complexity index is 1460. The number of aromatic hydroxyl groups is 1. The predicted octanol–water partition coefficient (Wildman–Crippen LogP) is 3.45. The molecular weight excluding hydrogens is 376 g/mol. The van der Waals surface area contributed by atoms with E-state index in [1.54, 1.807) is 24.5 Å². The molecule has 3 heterocycles. The summed E-state index contributed by atoms with van der Waals surface area (Å²) in [5.74, 6) is 0.153. The van der Waals surface area contributed by atoms with Crippen LogP contribution in [0.4, 0.5) is 5.69 Å². The van der Waals surface area contributed by atoms with Gasteiger partial charge in [0.2, 0.25) is 12.4 Å². The van der Waals surface area contributed by atoms with Crippen LogP contribution in [-0.2, 0) is 0 Å². The highest BCUT2D eigenvalue weighted by Gasteiger charge is 2.10. The van der Waals surface area contributed by atoms with Crippen LogP contribution < -0.4 is 15.2 Å². The first-order valence-corrected chi connectivity index (χ1v) is 9.55. The zero-order chi connectivity index (χ0) is 20.7. The molecule has 0 fully saturated rings. The van der Waals surface area contributed by atoms with E-state index < -0.39 is 0 Å². The van der Waals surface area contributed by atoms with Crippen LogP contribution in [0, 0.1) is 6.92 Å². The van der Waals surface area contributed by atoms with Crippen LogP contribution in [0.5, 0.6) is 5.88 Å². The highest BCUT2D eigenvalue weighted by molar-refractivity contribution is 5.92. The summed E-state index contributed by atoms with van der Waals surface area (Å²) in [7, 11) is 0. The van der Waals surface area contributed by atoms with E-state index in [9.17, 15) is 10.3 Å². The van der Waals surface area contributed by atoms with Crippen LogP contribution in [0.15, 0.2) is 77.2 Å². The smallest absolute Gasteiger partial charge is 0.222 e. The van der Waals surface area contributed by atoms with Gasteiger partial charge in [-0.25, -0.2) is 0 Å². The summed E-state index contributed by atoms with van der Waals surface area (Å²) in [6, 6.07) is 15.6. The van der Waals surface area contributed by atoms with Crippen molar-refractivity contribution >= 4 is 34.4 Å². The molecule has 3 N–H and O–H groups in total. The summed E-state index contributed by atoms with van der Waals surface area (Å²) in [5, 5.41) is 31.1. The van der Waals surface area contributed by atoms with Crippen molar-refractivity contribution in [1.82, 2.24) is 4.98 Å². The molecule has 6 nitrogen and oxygen atoms in total. The third-order valence-corrected chi connectivity index (χ3v) is 5.12. The molecule has 0 spiro atoms. The SMILES string of the molecule is Cc1ccc2[nH]c(O)c(C=c3ccc4c(c3)N=NC=4/C=C/c3cc[n+](O)cc3)c2c1. The molecule has 4 aromatic rings. The molecule has 30 heavy (non-hydrogen) atoms. The lowest BCUT2D eigenvalue weighted by molar-refractivity contribution is -0.904. The summed E-state index contributed by atoms with van der Waals surface area (Å²) in [6.07, 6.45) is 8.92. The maximum atomic E-state index is 10.4. The van der Waals surface area contributed by atoms with Crippen molar-refractivity contribution in [2.75, 3.05) is 0 Å². The van der Waals surface area contributed by atoms with Gasteiger partial charge in [-0.15, -0.1) is 10.2 Å². The van der Waals surface area contributed by atoms with Gasteiger partial charge in [0.1, 0.15) is 0 Å². The highest BCUT2D eigenvalue weighted by Crippen LogP contribution is 2.28. The van der Waals surface area contributed by atoms with E-state index in [1.165, 1.54) is 0 Å². The monoisotopic (exact) mass is 395 g/mol. The van der Waals surface area contributed by atoms with E-state index in [-0.39, 0.29) is 5.88 Å². The fourth-order valence-corrected chi connectivity index (χ4v) is 3.56. The van der Waals surface area contributed by atoms with Crippen molar-refractivity contribution in [3.8, 4) is 5.88 Å². The molecule has 0 atom stereocenters. The molecule has 0 radical (unpaired) electrons. The number of pyridine rings is 1. The molecule has 0 aliphatic carbocycles. The van der Waals surface area contributed by atoms with E-state index in [0.717, 1.165) is 54.1 Å². The number of nitrogens with one attached hydrogen (secondary N) is 1. The number of nitrogens with zero attached hydrogens (tertiary/aromatic N) is 3. The molecule has 146 valence electrons. The Hall–Kier alpha value is -4.19. The second-order valence-corrected chi connectivity index (χ2v) is 7.29. The Morgan fingerprint density at radius 3 is 2.63 bits per heavy atom. The number of hydrogen-bond acceptors (Lipinski definition) is 4. The number of aromatic nitrogens is 2. The standard InChI is InChI=1S/C24H18N4O2/c1-15-2-6-21-19(12-15)20(24(29)25-21)13-17-3-5-18-22(26-27-23(18)14-17)7-4-16-8-10-28(30)11-9-16/h2-14,30H,1H3,(H,25,29)/p+1. The number of H-pyrrole nitrogens is 1. The molecule has 0 unspecified atom stereocenters. The Labute approximate surface area is 172 Å². The second kappa shape index (κ2) is 7.00. The van der Waals surface area contributed by atoms with E-state index in [4.69, 9.17) is 0 Å². The van der Waals surface area contributed by atoms with Gasteiger partial charge < -0.3 is 10.1 Å². The van der Waals surface area contributed by atoms with Gasteiger partial charge in [0.25, 0.3) is 0 Å². The van der Waals surface area contributed by atoms with Crippen molar-refractivity contribution in [3.63, 3.8) is 0 Å². The molecule has 1 aliphatic heterocycles. The van der Waals surface area contributed by atoms with E-state index >= 15 is 0 Å². The zero-order valence-corrected chi connectivity index (χ0v) is 16.2. The number of aryl methyl sites for hydroxylation is 1. The van der Waals surface area contributed by atoms with Crippen LogP contribution in [-0.4, -0.2) is 15.3 Å². The number of azo groups is 1. The van der Waals surface area contributed by atoms with Gasteiger partial charge in [-0.2, -0.15) is 0 Å². The Kier molecular flexibility index (Phi) is 4.17. The third kappa shape index (κ3) is 3.24. The molecule has 0 saturated heterocycles. The summed E-state index contributed by atoms with van der Waals surface area (Å²) < 4.78 is 1.000. The molecular formula is C24H19N4O2+. The number of benzene rings is 2. The first-order valence-electron chi connectivity index (χ1n) is 9.55. The van der Waals surface area contributed by atoms with Crippen LogP contribution in [0.25, 0.3) is 28.8 Å². The van der Waals surface area contributed by atoms with Crippen LogP contribution in [0.1, 0.15) is 16.7 Å². The molecule has 2 aromatic carbocycles. The van der Waals surface area contributed by atoms with Gasteiger partial charge in [-0.3, -0.25) is 5.21 Å². The Balaban J connectivity index is 1.54. The highest BCUT2D eigenvalue weighted by atomic mass is 16.5. The van der Waals surface area contributed by atoms with Gasteiger partial charge in [0.05, 0.1) is 11.4 Å². The van der Waals surface area contributed by atoms with Crippen molar-refractivity contribution in [3.05, 3.63) is 94.1 Å². The molecule has 0 amide bonds. The molecule has 2 aromatic heterocycles. The minimum atomic E-state index is 0.153. The second-order valence-electron chi connectivity index (χ2n) is 7.29. The van der Waals surface area contributed by atoms with Gasteiger partial charge in [-0.05, 0) is 54.1 Å². The van der Waals surface area contributed by atoms with Crippen molar-refractivity contribution in [1.29, 1.82) is 0 Å². The van der Waals surface area contributed by atoms with E-state index in [0.29, 0.717) is 0 Å². The van der Waals surface area contributed by atoms with E-state index in [2.05, 4.69) is 21.3 Å². The molecule has 1 aliphatic rings. The largest absolute Gasteiger partial charge is 0.494 e. The normalized spacial score (nSPS) is 13.6. The number of rotatable bonds is 3. The summed E-state index contributed by atoms with van der Waals surface area (Å²) in [5.41, 5.74) is 5.32. The lowest BCUT2D eigenvalue weighted by atomic mass is 10.1. The van der Waals surface area contributed by atoms with Crippen molar-refractivity contribution in [2.45, 2.75) is 6.92 Å². The number of hydrogen-bond donors (Lipinski definition) is 3. The summed E-state index contributed by atoms with van der Waals surface area (Å²) in [4.78, 5) is 3.02. The number of fused-ring (bicyclic) bond motifs is 2. The Morgan fingerprint density at radius 1 is 0.967 bits per heavy atom. The fourth-order valence-electron chi connectivity index (χ4n) is 3.56. The van der Waals surface area contributed by atoms with Crippen LogP contribution >= 0.6 is 0 Å². The lowest BCUT2D eigenvalue weighted by Crippen LogP contribution is -2.27. The summed E-state index contributed by atoms with van der Waals surface area (Å²) in [6.45, 7) is 2.03. The van der Waals surface area contributed by atoms with E-state index in [1.807, 2.05) is 55.5 Å². The first-order chi connectivity index (χ1) is 14.6. The molecule has 0 saturated carbocycles. The topological polar surface area (TPSA) is 84.8 Å². The average Bonchev–Trinajstić information content (AvgIpc) is 3.28. The summed E-state index contributed by atoms with van der Waals surface area (Å²) >= 11 is 0. The fraction of sp³-hybridized carbons (Fsp3) is 0.0417. The van der Waals surface area contributed by atoms with Gasteiger partial charge >= 0.3 is 0 Å². The molecule has 6 heteroatoms. The van der Waals surface area contributed by atoms with Gasteiger partial charge in [0, 0.05) is 38.5 Å². The Morgan fingerprint density at radius 2 is 1.80 bits per heavy atom. The van der Waals surface area contributed by atoms with Crippen LogP contribution in [0.3, 0.4) is 0 Å². The zero-order valence-electron chi connectivity index (χ0n) is 16.2. The minimum absolute atomic E-state index is 0.153. The first kappa shape index (κ1) is 17.9. The van der Waals surface area contributed by atoms with Gasteiger partial charge in [-0.1, -0.05) is 23.8 Å². The van der Waals surface area contributed by atoms with Crippen molar-refractivity contribution in [2.24, 2.45) is 10.2 Å². The molecule has 0 bridgehead atoms. The lowest BCUT2D eigenvalue weighted by Gasteiger charge is -1.96. The quantitative estimate of drug-likeness (QED) is 0.367. The maximum absolute atomic E-state index is 10.4. The van der Waals surface area contributed by atoms with Gasteiger partial charge in [0.15, 0.2) is 5.88 Å². The van der Waals surface area contributed by atoms with Crippen LogP contribution in [0.2, 0.25) is 0 Å². The van der Waals surface area contributed by atoms with Crippen molar-refractivity contribution < 1.29 is 15.0 Å². The number of aromatic amines is 1. The average molecular weight is 395 g/mol.